The lowest BCUT2D eigenvalue weighted by atomic mass is 9.89. The summed E-state index contributed by atoms with van der Waals surface area (Å²) in [4.78, 5) is 32.6. The summed E-state index contributed by atoms with van der Waals surface area (Å²) in [5.74, 6) is 1.03. The number of piperidine rings is 1. The van der Waals surface area contributed by atoms with E-state index in [0.717, 1.165) is 75.8 Å². The van der Waals surface area contributed by atoms with Crippen molar-refractivity contribution in [1.82, 2.24) is 14.8 Å². The zero-order chi connectivity index (χ0) is 22.6. The second kappa shape index (κ2) is 9.82. The van der Waals surface area contributed by atoms with Crippen molar-refractivity contribution in [2.45, 2.75) is 44.9 Å². The highest BCUT2D eigenvalue weighted by atomic mass is 16.2. The Kier molecular flexibility index (Phi) is 6.47. The minimum absolute atomic E-state index is 0.165. The highest BCUT2D eigenvalue weighted by Crippen LogP contribution is 2.24. The Morgan fingerprint density at radius 1 is 0.879 bits per heavy atom. The van der Waals surface area contributed by atoms with E-state index in [1.54, 1.807) is 0 Å². The third kappa shape index (κ3) is 4.97. The fraction of sp³-hybridized carbons (Fsp3) is 0.429. The Bertz CT molecular complexity index is 1100. The number of benzene rings is 2. The number of H-pyrrole nitrogens is 1. The number of para-hydroxylation sites is 1. The molecule has 5 heteroatoms. The Hall–Kier alpha value is -3.08. The van der Waals surface area contributed by atoms with Gasteiger partial charge in [0.1, 0.15) is 0 Å². The van der Waals surface area contributed by atoms with Gasteiger partial charge in [-0.05, 0) is 73.8 Å². The summed E-state index contributed by atoms with van der Waals surface area (Å²) >= 11 is 0. The van der Waals surface area contributed by atoms with Crippen LogP contribution in [0.15, 0.2) is 54.7 Å². The van der Waals surface area contributed by atoms with E-state index in [0.29, 0.717) is 12.3 Å². The van der Waals surface area contributed by atoms with E-state index < -0.39 is 0 Å². The van der Waals surface area contributed by atoms with Crippen LogP contribution in [-0.4, -0.2) is 52.8 Å². The molecule has 0 unspecified atom stereocenters. The average molecular weight is 444 g/mol. The number of fused-ring (bicyclic) bond motifs is 1. The number of aryl methyl sites for hydroxylation is 1. The molecule has 2 aromatic carbocycles. The molecular weight excluding hydrogens is 410 g/mol. The molecule has 172 valence electrons. The quantitative estimate of drug-likeness (QED) is 0.594. The number of likely N-dealkylation sites (tertiary alicyclic amines) is 2. The number of nitrogens with one attached hydrogen (secondary N) is 1. The molecule has 0 aliphatic carbocycles. The SMILES string of the molecule is O=C(CCc1c[nH]c2ccccc12)N1CCC(Cc2ccc(C(=O)N3CCCC3)cc2)CC1. The largest absolute Gasteiger partial charge is 0.361 e. The molecule has 5 rings (SSSR count). The molecule has 0 atom stereocenters. The van der Waals surface area contributed by atoms with Gasteiger partial charge in [0.15, 0.2) is 0 Å². The van der Waals surface area contributed by atoms with E-state index in [4.69, 9.17) is 0 Å². The van der Waals surface area contributed by atoms with E-state index in [2.05, 4.69) is 29.2 Å². The molecule has 1 N–H and O–H groups in total. The fourth-order valence-electron chi connectivity index (χ4n) is 5.34. The number of carbonyl (C=O) groups excluding carboxylic acids is 2. The maximum Gasteiger partial charge on any atom is 0.253 e. The van der Waals surface area contributed by atoms with Crippen LogP contribution in [0.25, 0.3) is 10.9 Å². The topological polar surface area (TPSA) is 56.4 Å². The van der Waals surface area contributed by atoms with Crippen LogP contribution in [0.3, 0.4) is 0 Å². The van der Waals surface area contributed by atoms with Crippen LogP contribution in [-0.2, 0) is 17.6 Å². The van der Waals surface area contributed by atoms with Crippen molar-refractivity contribution >= 4 is 22.7 Å². The number of nitrogens with zero attached hydrogens (tertiary/aromatic N) is 2. The number of hydrogen-bond donors (Lipinski definition) is 1. The maximum absolute atomic E-state index is 12.8. The molecule has 5 nitrogen and oxygen atoms in total. The van der Waals surface area contributed by atoms with Crippen molar-refractivity contribution in [1.29, 1.82) is 0 Å². The predicted molar refractivity (Wildman–Crippen MR) is 131 cm³/mol. The predicted octanol–water partition coefficient (Wildman–Crippen LogP) is 4.82. The lowest BCUT2D eigenvalue weighted by molar-refractivity contribution is -0.132. The van der Waals surface area contributed by atoms with Crippen molar-refractivity contribution in [2.75, 3.05) is 26.2 Å². The number of hydrogen-bond acceptors (Lipinski definition) is 2. The van der Waals surface area contributed by atoms with Gasteiger partial charge in [0, 0.05) is 55.3 Å². The van der Waals surface area contributed by atoms with E-state index in [1.165, 1.54) is 16.5 Å². The van der Waals surface area contributed by atoms with Gasteiger partial charge >= 0.3 is 0 Å². The lowest BCUT2D eigenvalue weighted by Crippen LogP contribution is -2.39. The number of amides is 2. The second-order valence-corrected chi connectivity index (χ2v) is 9.58. The van der Waals surface area contributed by atoms with Gasteiger partial charge in [-0.2, -0.15) is 0 Å². The van der Waals surface area contributed by atoms with Crippen LogP contribution in [0, 0.1) is 5.92 Å². The summed E-state index contributed by atoms with van der Waals surface area (Å²) in [6, 6.07) is 16.5. The van der Waals surface area contributed by atoms with E-state index in [9.17, 15) is 9.59 Å². The summed E-state index contributed by atoms with van der Waals surface area (Å²) in [7, 11) is 0. The number of carbonyl (C=O) groups is 2. The normalized spacial score (nSPS) is 17.1. The minimum atomic E-state index is 0.165. The monoisotopic (exact) mass is 443 g/mol. The van der Waals surface area contributed by atoms with Gasteiger partial charge in [0.05, 0.1) is 0 Å². The molecule has 2 aliphatic heterocycles. The van der Waals surface area contributed by atoms with Gasteiger partial charge in [-0.15, -0.1) is 0 Å². The van der Waals surface area contributed by atoms with Gasteiger partial charge in [0.25, 0.3) is 5.91 Å². The summed E-state index contributed by atoms with van der Waals surface area (Å²) in [5.41, 5.74) is 4.45. The third-order valence-electron chi connectivity index (χ3n) is 7.37. The highest BCUT2D eigenvalue weighted by Gasteiger charge is 2.23. The third-order valence-corrected chi connectivity index (χ3v) is 7.37. The summed E-state index contributed by atoms with van der Waals surface area (Å²) in [6.07, 6.45) is 8.75. The van der Waals surface area contributed by atoms with E-state index >= 15 is 0 Å². The Balaban J connectivity index is 1.08. The van der Waals surface area contributed by atoms with Crippen molar-refractivity contribution in [2.24, 2.45) is 5.92 Å². The Labute approximate surface area is 195 Å². The lowest BCUT2D eigenvalue weighted by Gasteiger charge is -2.32. The summed E-state index contributed by atoms with van der Waals surface area (Å²) < 4.78 is 0. The van der Waals surface area contributed by atoms with Gasteiger partial charge in [0.2, 0.25) is 5.91 Å². The first-order valence-corrected chi connectivity index (χ1v) is 12.4. The maximum atomic E-state index is 12.8. The molecule has 33 heavy (non-hydrogen) atoms. The van der Waals surface area contributed by atoms with Gasteiger partial charge in [-0.1, -0.05) is 30.3 Å². The van der Waals surface area contributed by atoms with Gasteiger partial charge in [-0.25, -0.2) is 0 Å². The zero-order valence-electron chi connectivity index (χ0n) is 19.3. The molecule has 2 aliphatic rings. The molecule has 0 bridgehead atoms. The summed E-state index contributed by atoms with van der Waals surface area (Å²) in [5, 5.41) is 1.22. The first kappa shape index (κ1) is 21.7. The standard InChI is InChI=1S/C28H33N3O2/c32-27(12-11-24-20-29-26-6-2-1-5-25(24)26)30-17-13-22(14-18-30)19-21-7-9-23(10-8-21)28(33)31-15-3-4-16-31/h1-2,5-10,20,22,29H,3-4,11-19H2. The van der Waals surface area contributed by atoms with Gasteiger partial charge in [-0.3, -0.25) is 9.59 Å². The molecule has 0 spiro atoms. The van der Waals surface area contributed by atoms with Crippen LogP contribution >= 0.6 is 0 Å². The zero-order valence-corrected chi connectivity index (χ0v) is 19.3. The molecule has 2 fully saturated rings. The molecule has 2 amide bonds. The fourth-order valence-corrected chi connectivity index (χ4v) is 5.34. The molecule has 1 aromatic heterocycles. The van der Waals surface area contributed by atoms with Crippen LogP contribution in [0.5, 0.6) is 0 Å². The number of aromatic nitrogens is 1. The van der Waals surface area contributed by atoms with Crippen molar-refractivity contribution < 1.29 is 9.59 Å². The molecular formula is C28H33N3O2. The average Bonchev–Trinajstić information content (AvgIpc) is 3.54. The Morgan fingerprint density at radius 3 is 2.36 bits per heavy atom. The Morgan fingerprint density at radius 2 is 1.61 bits per heavy atom. The molecule has 2 saturated heterocycles. The van der Waals surface area contributed by atoms with Gasteiger partial charge < -0.3 is 14.8 Å². The molecule has 0 radical (unpaired) electrons. The van der Waals surface area contributed by atoms with Crippen LogP contribution in [0.4, 0.5) is 0 Å². The first-order chi connectivity index (χ1) is 16.2. The van der Waals surface area contributed by atoms with E-state index in [-0.39, 0.29) is 11.8 Å². The molecule has 3 heterocycles. The number of rotatable bonds is 6. The van der Waals surface area contributed by atoms with E-state index in [1.807, 2.05) is 40.3 Å². The molecule has 0 saturated carbocycles. The highest BCUT2D eigenvalue weighted by molar-refractivity contribution is 5.94. The second-order valence-electron chi connectivity index (χ2n) is 9.58. The molecule has 3 aromatic rings. The first-order valence-electron chi connectivity index (χ1n) is 12.4. The smallest absolute Gasteiger partial charge is 0.253 e. The van der Waals surface area contributed by atoms with Crippen LogP contribution in [0.2, 0.25) is 0 Å². The van der Waals surface area contributed by atoms with Crippen molar-refractivity contribution in [3.63, 3.8) is 0 Å². The minimum Gasteiger partial charge on any atom is -0.361 e. The number of aromatic amines is 1. The van der Waals surface area contributed by atoms with Crippen LogP contribution < -0.4 is 0 Å². The van der Waals surface area contributed by atoms with Crippen molar-refractivity contribution in [3.8, 4) is 0 Å². The summed E-state index contributed by atoms with van der Waals surface area (Å²) in [6.45, 7) is 3.48. The van der Waals surface area contributed by atoms with Crippen LogP contribution in [0.1, 0.15) is 53.6 Å². The van der Waals surface area contributed by atoms with Crippen molar-refractivity contribution in [3.05, 3.63) is 71.4 Å².